The van der Waals surface area contributed by atoms with Crippen LogP contribution in [-0.4, -0.2) is 62.0 Å². The predicted molar refractivity (Wildman–Crippen MR) is 148 cm³/mol. The Labute approximate surface area is 237 Å². The lowest BCUT2D eigenvalue weighted by Gasteiger charge is -2.64. The number of carbonyl (C=O) groups is 4. The molecule has 3 saturated carbocycles. The van der Waals surface area contributed by atoms with Crippen molar-refractivity contribution in [3.63, 3.8) is 0 Å². The van der Waals surface area contributed by atoms with Gasteiger partial charge in [0.25, 0.3) is 0 Å². The monoisotopic (exact) mass is 558 g/mol. The molecule has 1 unspecified atom stereocenters. The fourth-order valence-electron chi connectivity index (χ4n) is 9.35. The maximum Gasteiger partial charge on any atom is 0.303 e. The molecule has 0 amide bonds. The molecule has 0 radical (unpaired) electrons. The Morgan fingerprint density at radius 3 is 2.23 bits per heavy atom. The zero-order valence-corrected chi connectivity index (χ0v) is 25.3. The first-order valence-electron chi connectivity index (χ1n) is 14.4. The largest absolute Gasteiger partial charge is 0.456 e. The van der Waals surface area contributed by atoms with E-state index in [1.165, 1.54) is 26.0 Å². The summed E-state index contributed by atoms with van der Waals surface area (Å²) in [6.07, 6.45) is 3.50. The van der Waals surface area contributed by atoms with Gasteiger partial charge in [0.15, 0.2) is 11.6 Å². The molecule has 4 aliphatic carbocycles. The average molecular weight is 559 g/mol. The van der Waals surface area contributed by atoms with Gasteiger partial charge in [0.05, 0.1) is 6.10 Å². The van der Waals surface area contributed by atoms with Crippen molar-refractivity contribution < 1.29 is 39.2 Å². The van der Waals surface area contributed by atoms with Crippen LogP contribution < -0.4 is 0 Å². The Kier molecular flexibility index (Phi) is 7.06. The van der Waals surface area contributed by atoms with Gasteiger partial charge in [0.2, 0.25) is 0 Å². The molecule has 4 aliphatic rings. The summed E-state index contributed by atoms with van der Waals surface area (Å²) in [4.78, 5) is 52.1. The minimum atomic E-state index is -1.99. The van der Waals surface area contributed by atoms with Crippen molar-refractivity contribution in [1.29, 1.82) is 0 Å². The van der Waals surface area contributed by atoms with Crippen LogP contribution in [0.4, 0.5) is 0 Å². The lowest BCUT2D eigenvalue weighted by molar-refractivity contribution is -0.183. The van der Waals surface area contributed by atoms with Gasteiger partial charge in [-0.25, -0.2) is 0 Å². The van der Waals surface area contributed by atoms with Crippen molar-refractivity contribution >= 4 is 23.3 Å². The van der Waals surface area contributed by atoms with Crippen LogP contribution in [0.2, 0.25) is 0 Å². The van der Waals surface area contributed by atoms with Gasteiger partial charge < -0.3 is 20.1 Å². The van der Waals surface area contributed by atoms with Crippen LogP contribution in [0, 0.1) is 39.4 Å². The highest BCUT2D eigenvalue weighted by Crippen LogP contribution is 2.74. The Morgan fingerprint density at radius 2 is 1.65 bits per heavy atom. The van der Waals surface area contributed by atoms with Crippen molar-refractivity contribution in [3.8, 4) is 0 Å². The number of aliphatic hydroxyl groups excluding tert-OH is 2. The van der Waals surface area contributed by atoms with Crippen LogP contribution in [0.25, 0.3) is 0 Å². The van der Waals surface area contributed by atoms with Gasteiger partial charge >= 0.3 is 5.97 Å². The Bertz CT molecular complexity index is 1210. The number of carbonyl (C=O) groups excluding carboxylic acids is 4. The van der Waals surface area contributed by atoms with E-state index in [0.717, 1.165) is 5.57 Å². The molecular formula is C32H46O8. The van der Waals surface area contributed by atoms with Gasteiger partial charge in [-0.3, -0.25) is 19.2 Å². The number of allylic oxidation sites excluding steroid dienone is 1. The maximum absolute atomic E-state index is 14.3. The molecule has 3 fully saturated rings. The SMILES string of the molecule is CC(=O)OC(C)(C)/C=C/C(=O)C(C)(O)[C@H]1[C@H](O)C[C@@]2(C)[C@@H]3CC=C4[C@@H](CC(=O)[C@@H](O)C4(C)C)[C@]3(C)C(=O)C[C@]12C. The summed E-state index contributed by atoms with van der Waals surface area (Å²) >= 11 is 0. The van der Waals surface area contributed by atoms with Crippen molar-refractivity contribution in [2.75, 3.05) is 0 Å². The fourth-order valence-corrected chi connectivity index (χ4v) is 9.35. The van der Waals surface area contributed by atoms with Crippen LogP contribution in [0.3, 0.4) is 0 Å². The standard InChI is InChI=1S/C32H46O8/c1-17(33)40-27(2,3)13-12-23(36)32(9,39)25-21(35)15-29(6)22-11-10-18-19(14-20(34)26(38)28(18,4)5)31(22,8)24(37)16-30(25,29)7/h10,12-13,19,21-22,25-26,35,38-39H,11,14-16H2,1-9H3/b13-12+/t19-,21-,22+,25+,26-,29+,30-,31+,32?/m1/s1. The van der Waals surface area contributed by atoms with Gasteiger partial charge in [0.1, 0.15) is 23.1 Å². The van der Waals surface area contributed by atoms with E-state index in [9.17, 15) is 34.5 Å². The number of fused-ring (bicyclic) bond motifs is 5. The van der Waals surface area contributed by atoms with E-state index >= 15 is 0 Å². The van der Waals surface area contributed by atoms with E-state index in [-0.39, 0.29) is 36.2 Å². The van der Waals surface area contributed by atoms with E-state index in [2.05, 4.69) is 13.0 Å². The van der Waals surface area contributed by atoms with Crippen molar-refractivity contribution in [1.82, 2.24) is 0 Å². The van der Waals surface area contributed by atoms with Crippen molar-refractivity contribution in [2.24, 2.45) is 39.4 Å². The summed E-state index contributed by atoms with van der Waals surface area (Å²) in [5.74, 6) is -2.96. The number of Topliss-reactive ketones (excluding diaryl/α,β-unsaturated/α-hetero) is 2. The topological polar surface area (TPSA) is 138 Å². The molecule has 0 aromatic heterocycles. The number of ether oxygens (including phenoxy) is 1. The second-order valence-corrected chi connectivity index (χ2v) is 14.8. The first-order chi connectivity index (χ1) is 18.1. The number of hydrogen-bond donors (Lipinski definition) is 3. The Morgan fingerprint density at radius 1 is 1.05 bits per heavy atom. The van der Waals surface area contributed by atoms with Gasteiger partial charge in [-0.05, 0) is 68.4 Å². The first kappa shape index (κ1) is 30.8. The molecule has 0 aliphatic heterocycles. The highest BCUT2D eigenvalue weighted by Gasteiger charge is 2.74. The molecule has 8 nitrogen and oxygen atoms in total. The zero-order chi connectivity index (χ0) is 30.4. The summed E-state index contributed by atoms with van der Waals surface area (Å²) in [6, 6.07) is 0. The zero-order valence-electron chi connectivity index (χ0n) is 25.3. The first-order valence-corrected chi connectivity index (χ1v) is 14.4. The van der Waals surface area contributed by atoms with Crippen LogP contribution in [0.5, 0.6) is 0 Å². The minimum Gasteiger partial charge on any atom is -0.456 e. The summed E-state index contributed by atoms with van der Waals surface area (Å²) in [7, 11) is 0. The smallest absolute Gasteiger partial charge is 0.303 e. The second-order valence-electron chi connectivity index (χ2n) is 14.8. The van der Waals surface area contributed by atoms with Crippen LogP contribution in [0.1, 0.15) is 88.0 Å². The van der Waals surface area contributed by atoms with Crippen molar-refractivity contribution in [3.05, 3.63) is 23.8 Å². The van der Waals surface area contributed by atoms with Gasteiger partial charge in [-0.2, -0.15) is 0 Å². The molecule has 0 aromatic rings. The third-order valence-electron chi connectivity index (χ3n) is 11.6. The van der Waals surface area contributed by atoms with Gasteiger partial charge in [-0.1, -0.05) is 46.3 Å². The summed E-state index contributed by atoms with van der Waals surface area (Å²) < 4.78 is 5.23. The number of ketones is 3. The van der Waals surface area contributed by atoms with Gasteiger partial charge in [-0.15, -0.1) is 0 Å². The highest BCUT2D eigenvalue weighted by atomic mass is 16.6. The highest BCUT2D eigenvalue weighted by molar-refractivity contribution is 5.97. The lowest BCUT2D eigenvalue weighted by atomic mass is 9.38. The lowest BCUT2D eigenvalue weighted by Crippen LogP contribution is -2.65. The molecule has 0 saturated heterocycles. The average Bonchev–Trinajstić information content (AvgIpc) is 3.01. The molecule has 8 heteroatoms. The number of hydrogen-bond acceptors (Lipinski definition) is 8. The normalized spacial score (nSPS) is 42.4. The van der Waals surface area contributed by atoms with E-state index in [1.54, 1.807) is 13.8 Å². The number of aliphatic hydroxyl groups is 3. The van der Waals surface area contributed by atoms with Crippen LogP contribution in [-0.2, 0) is 23.9 Å². The minimum absolute atomic E-state index is 0.0399. The molecule has 0 spiro atoms. The Hall–Kier alpha value is -2.16. The molecule has 40 heavy (non-hydrogen) atoms. The molecule has 9 atom stereocenters. The Balaban J connectivity index is 1.75. The van der Waals surface area contributed by atoms with Crippen molar-refractivity contribution in [2.45, 2.75) is 111 Å². The van der Waals surface area contributed by atoms with Gasteiger partial charge in [0, 0.05) is 36.5 Å². The van der Waals surface area contributed by atoms with E-state index < -0.39 is 62.7 Å². The summed E-state index contributed by atoms with van der Waals surface area (Å²) in [6.45, 7) is 15.5. The molecule has 4 rings (SSSR count). The predicted octanol–water partition coefficient (Wildman–Crippen LogP) is 3.50. The molecule has 0 aromatic carbocycles. The molecule has 222 valence electrons. The molecular weight excluding hydrogens is 512 g/mol. The molecule has 0 bridgehead atoms. The van der Waals surface area contributed by atoms with E-state index in [0.29, 0.717) is 12.8 Å². The third-order valence-corrected chi connectivity index (χ3v) is 11.6. The second kappa shape index (κ2) is 9.17. The third kappa shape index (κ3) is 4.11. The van der Waals surface area contributed by atoms with Crippen LogP contribution in [0.15, 0.2) is 23.8 Å². The summed E-state index contributed by atoms with van der Waals surface area (Å²) in [5.41, 5.74) is -5.33. The number of rotatable bonds is 5. The quantitative estimate of drug-likeness (QED) is 0.265. The molecule has 3 N–H and O–H groups in total. The summed E-state index contributed by atoms with van der Waals surface area (Å²) in [5, 5.41) is 33.9. The maximum atomic E-state index is 14.3. The number of esters is 1. The fraction of sp³-hybridized carbons (Fsp3) is 0.750. The van der Waals surface area contributed by atoms with E-state index in [4.69, 9.17) is 4.74 Å². The molecule has 0 heterocycles. The van der Waals surface area contributed by atoms with E-state index in [1.807, 2.05) is 27.7 Å². The van der Waals surface area contributed by atoms with Crippen LogP contribution >= 0.6 is 0 Å².